The molecule has 0 radical (unpaired) electrons. The monoisotopic (exact) mass is 363 g/mol. The molecule has 1 N–H and O–H groups in total. The van der Waals surface area contributed by atoms with E-state index in [0.717, 1.165) is 15.7 Å². The molecule has 2 rings (SSSR count). The quantitative estimate of drug-likeness (QED) is 0.701. The first-order valence-electron chi connectivity index (χ1n) is 5.19. The van der Waals surface area contributed by atoms with Gasteiger partial charge in [0.05, 0.1) is 10.0 Å². The Hall–Kier alpha value is -0.410. The molecule has 94 valence electrons. The van der Waals surface area contributed by atoms with E-state index in [9.17, 15) is 0 Å². The van der Waals surface area contributed by atoms with E-state index in [0.29, 0.717) is 21.6 Å². The van der Waals surface area contributed by atoms with Crippen LogP contribution in [0.25, 0.3) is 0 Å². The fourth-order valence-corrected chi connectivity index (χ4v) is 2.62. The van der Waals surface area contributed by atoms with E-state index in [1.54, 1.807) is 6.07 Å². The number of anilines is 1. The molecule has 2 aromatic carbocycles. The molecular formula is C13H9BrCl3N. The van der Waals surface area contributed by atoms with Crippen LogP contribution in [0.3, 0.4) is 0 Å². The fraction of sp³-hybridized carbons (Fsp3) is 0.0769. The topological polar surface area (TPSA) is 12.0 Å². The summed E-state index contributed by atoms with van der Waals surface area (Å²) in [6, 6.07) is 11.2. The molecule has 2 aromatic rings. The third-order valence-electron chi connectivity index (χ3n) is 2.40. The standard InChI is InChI=1S/C13H9BrCl3N/c14-10-6-9(15)2-4-13(10)18-7-8-1-3-11(16)12(17)5-8/h1-6,18H,7H2. The lowest BCUT2D eigenvalue weighted by atomic mass is 10.2. The average Bonchev–Trinajstić information content (AvgIpc) is 2.32. The van der Waals surface area contributed by atoms with Crippen LogP contribution in [0.5, 0.6) is 0 Å². The molecule has 0 heterocycles. The molecular weight excluding hydrogens is 356 g/mol. The van der Waals surface area contributed by atoms with Gasteiger partial charge in [-0.05, 0) is 51.8 Å². The minimum atomic E-state index is 0.561. The van der Waals surface area contributed by atoms with Gasteiger partial charge in [0.2, 0.25) is 0 Å². The maximum Gasteiger partial charge on any atom is 0.0595 e. The van der Waals surface area contributed by atoms with Gasteiger partial charge in [-0.15, -0.1) is 0 Å². The summed E-state index contributed by atoms with van der Waals surface area (Å²) in [7, 11) is 0. The highest BCUT2D eigenvalue weighted by atomic mass is 79.9. The van der Waals surface area contributed by atoms with Crippen molar-refractivity contribution in [3.8, 4) is 0 Å². The van der Waals surface area contributed by atoms with Gasteiger partial charge in [-0.1, -0.05) is 40.9 Å². The molecule has 0 aliphatic heterocycles. The Morgan fingerprint density at radius 1 is 0.944 bits per heavy atom. The van der Waals surface area contributed by atoms with Gasteiger partial charge in [-0.25, -0.2) is 0 Å². The van der Waals surface area contributed by atoms with E-state index in [4.69, 9.17) is 34.8 Å². The zero-order chi connectivity index (χ0) is 13.1. The SMILES string of the molecule is Clc1ccc(NCc2ccc(Cl)c(Cl)c2)c(Br)c1. The normalized spacial score (nSPS) is 10.4. The second-order valence-electron chi connectivity index (χ2n) is 3.73. The van der Waals surface area contributed by atoms with Crippen molar-refractivity contribution < 1.29 is 0 Å². The molecule has 0 aromatic heterocycles. The van der Waals surface area contributed by atoms with Crippen LogP contribution in [-0.2, 0) is 6.54 Å². The van der Waals surface area contributed by atoms with Crippen molar-refractivity contribution in [2.45, 2.75) is 6.54 Å². The minimum Gasteiger partial charge on any atom is -0.380 e. The number of nitrogens with one attached hydrogen (secondary N) is 1. The summed E-state index contributed by atoms with van der Waals surface area (Å²) in [6.45, 7) is 0.664. The van der Waals surface area contributed by atoms with Crippen LogP contribution >= 0.6 is 50.7 Å². The summed E-state index contributed by atoms with van der Waals surface area (Å²) >= 11 is 21.2. The van der Waals surface area contributed by atoms with Crippen molar-refractivity contribution in [3.63, 3.8) is 0 Å². The van der Waals surface area contributed by atoms with Crippen LogP contribution in [0.1, 0.15) is 5.56 Å². The lowest BCUT2D eigenvalue weighted by Gasteiger charge is -2.09. The number of rotatable bonds is 3. The smallest absolute Gasteiger partial charge is 0.0595 e. The molecule has 5 heteroatoms. The Labute approximate surface area is 129 Å². The maximum absolute atomic E-state index is 5.96. The van der Waals surface area contributed by atoms with E-state index in [2.05, 4.69) is 21.2 Å². The number of hydrogen-bond acceptors (Lipinski definition) is 1. The number of halogens is 4. The second kappa shape index (κ2) is 6.16. The lowest BCUT2D eigenvalue weighted by Crippen LogP contribution is -1.99. The van der Waals surface area contributed by atoms with Crippen molar-refractivity contribution >= 4 is 56.4 Å². The van der Waals surface area contributed by atoms with Crippen LogP contribution in [0, 0.1) is 0 Å². The van der Waals surface area contributed by atoms with Gasteiger partial charge in [-0.3, -0.25) is 0 Å². The first kappa shape index (κ1) is 14.0. The summed E-state index contributed by atoms with van der Waals surface area (Å²) < 4.78 is 0.926. The summed E-state index contributed by atoms with van der Waals surface area (Å²) in [6.07, 6.45) is 0. The van der Waals surface area contributed by atoms with Crippen LogP contribution in [0.15, 0.2) is 40.9 Å². The predicted molar refractivity (Wildman–Crippen MR) is 82.9 cm³/mol. The summed E-state index contributed by atoms with van der Waals surface area (Å²) in [5, 5.41) is 5.12. The van der Waals surface area contributed by atoms with Gasteiger partial charge in [0.25, 0.3) is 0 Å². The highest BCUT2D eigenvalue weighted by Gasteiger charge is 2.02. The van der Waals surface area contributed by atoms with E-state index < -0.39 is 0 Å². The van der Waals surface area contributed by atoms with Crippen molar-refractivity contribution in [2.24, 2.45) is 0 Å². The van der Waals surface area contributed by atoms with Crippen LogP contribution in [0.2, 0.25) is 15.1 Å². The van der Waals surface area contributed by atoms with Crippen LogP contribution in [-0.4, -0.2) is 0 Å². The molecule has 0 saturated carbocycles. The minimum absolute atomic E-state index is 0.561. The highest BCUT2D eigenvalue weighted by molar-refractivity contribution is 9.10. The molecule has 0 atom stereocenters. The van der Waals surface area contributed by atoms with E-state index in [-0.39, 0.29) is 0 Å². The predicted octanol–water partition coefficient (Wildman–Crippen LogP) is 6.02. The first-order chi connectivity index (χ1) is 8.56. The van der Waals surface area contributed by atoms with Crippen molar-refractivity contribution in [1.29, 1.82) is 0 Å². The molecule has 1 nitrogen and oxygen atoms in total. The maximum atomic E-state index is 5.96. The first-order valence-corrected chi connectivity index (χ1v) is 7.12. The van der Waals surface area contributed by atoms with Gasteiger partial charge in [0.1, 0.15) is 0 Å². The Kier molecular flexibility index (Phi) is 4.79. The molecule has 0 aliphatic carbocycles. The average molecular weight is 365 g/mol. The zero-order valence-corrected chi connectivity index (χ0v) is 13.0. The Bertz CT molecular complexity index is 572. The van der Waals surface area contributed by atoms with E-state index >= 15 is 0 Å². The lowest BCUT2D eigenvalue weighted by molar-refractivity contribution is 1.15. The van der Waals surface area contributed by atoms with Crippen molar-refractivity contribution in [2.75, 3.05) is 5.32 Å². The van der Waals surface area contributed by atoms with Gasteiger partial charge in [-0.2, -0.15) is 0 Å². The van der Waals surface area contributed by atoms with E-state index in [1.165, 1.54) is 0 Å². The molecule has 0 amide bonds. The highest BCUT2D eigenvalue weighted by Crippen LogP contribution is 2.27. The summed E-state index contributed by atoms with van der Waals surface area (Å²) in [4.78, 5) is 0. The van der Waals surface area contributed by atoms with Gasteiger partial charge in [0, 0.05) is 21.7 Å². The Morgan fingerprint density at radius 2 is 1.72 bits per heavy atom. The number of hydrogen-bond donors (Lipinski definition) is 1. The molecule has 0 unspecified atom stereocenters. The molecule has 18 heavy (non-hydrogen) atoms. The Balaban J connectivity index is 2.09. The second-order valence-corrected chi connectivity index (χ2v) is 5.83. The molecule has 0 bridgehead atoms. The zero-order valence-electron chi connectivity index (χ0n) is 9.18. The third-order valence-corrected chi connectivity index (χ3v) is 4.03. The van der Waals surface area contributed by atoms with Gasteiger partial charge >= 0.3 is 0 Å². The summed E-state index contributed by atoms with van der Waals surface area (Å²) in [5.41, 5.74) is 2.04. The van der Waals surface area contributed by atoms with Crippen LogP contribution < -0.4 is 5.32 Å². The largest absolute Gasteiger partial charge is 0.380 e. The van der Waals surface area contributed by atoms with Crippen LogP contribution in [0.4, 0.5) is 5.69 Å². The Morgan fingerprint density at radius 3 is 2.39 bits per heavy atom. The molecule has 0 spiro atoms. The van der Waals surface area contributed by atoms with E-state index in [1.807, 2.05) is 30.3 Å². The number of benzene rings is 2. The van der Waals surface area contributed by atoms with Crippen molar-refractivity contribution in [3.05, 3.63) is 61.5 Å². The van der Waals surface area contributed by atoms with Gasteiger partial charge < -0.3 is 5.32 Å². The van der Waals surface area contributed by atoms with Crippen molar-refractivity contribution in [1.82, 2.24) is 0 Å². The molecule has 0 aliphatic rings. The van der Waals surface area contributed by atoms with Gasteiger partial charge in [0.15, 0.2) is 0 Å². The fourth-order valence-electron chi connectivity index (χ4n) is 1.48. The third kappa shape index (κ3) is 3.55. The molecule has 0 saturated heterocycles. The molecule has 0 fully saturated rings. The summed E-state index contributed by atoms with van der Waals surface area (Å²) in [5.74, 6) is 0.